The van der Waals surface area contributed by atoms with Crippen LogP contribution in [0.4, 0.5) is 5.82 Å². The number of carbonyl (C=O) groups is 1. The minimum Gasteiger partial charge on any atom is -0.395 e. The van der Waals surface area contributed by atoms with Crippen LogP contribution in [0.2, 0.25) is 0 Å². The number of nitrogens with zero attached hydrogens (tertiary/aromatic N) is 2. The quantitative estimate of drug-likeness (QED) is 0.244. The Balaban J connectivity index is 1.56. The molecule has 2 heterocycles. The zero-order chi connectivity index (χ0) is 26.2. The number of hydrogen-bond acceptors (Lipinski definition) is 11. The molecular weight excluding hydrogens is 527 g/mol. The molecule has 3 unspecified atom stereocenters. The molecule has 11 nitrogen and oxygen atoms in total. The number of aliphatic hydroxyl groups excluding tert-OH is 1. The summed E-state index contributed by atoms with van der Waals surface area (Å²) < 4.78 is 31.9. The lowest BCUT2D eigenvalue weighted by molar-refractivity contribution is -0.119. The number of thioether (sulfide) groups is 2. The van der Waals surface area contributed by atoms with E-state index in [1.807, 2.05) is 30.3 Å². The number of nitrogens with two attached hydrogens (primary N) is 1. The molecule has 1 aromatic heterocycles. The van der Waals surface area contributed by atoms with E-state index in [9.17, 15) is 19.3 Å². The minimum absolute atomic E-state index is 0.00915. The number of aliphatic hydroxyl groups is 1. The monoisotopic (exact) mass is 558 g/mol. The van der Waals surface area contributed by atoms with Crippen molar-refractivity contribution in [2.45, 2.75) is 32.1 Å². The van der Waals surface area contributed by atoms with Crippen LogP contribution < -0.4 is 16.5 Å². The number of rotatable bonds is 13. The predicted octanol–water partition coefficient (Wildman–Crippen LogP) is 2.62. The maximum absolute atomic E-state index is 13.5. The molecule has 198 valence electrons. The van der Waals surface area contributed by atoms with Crippen molar-refractivity contribution in [2.75, 3.05) is 37.1 Å². The van der Waals surface area contributed by atoms with Crippen LogP contribution in [0.5, 0.6) is 0 Å². The molecule has 36 heavy (non-hydrogen) atoms. The Hall–Kier alpha value is -1.70. The lowest BCUT2D eigenvalue weighted by atomic mass is 9.97. The first-order chi connectivity index (χ1) is 17.1. The van der Waals surface area contributed by atoms with E-state index in [-0.39, 0.29) is 43.1 Å². The van der Waals surface area contributed by atoms with Crippen LogP contribution in [0.15, 0.2) is 47.4 Å². The molecule has 0 bridgehead atoms. The summed E-state index contributed by atoms with van der Waals surface area (Å²) in [6, 6.07) is 10.9. The van der Waals surface area contributed by atoms with Gasteiger partial charge >= 0.3 is 13.4 Å². The summed E-state index contributed by atoms with van der Waals surface area (Å²) in [6.07, 6.45) is 0.963. The number of benzene rings is 1. The first kappa shape index (κ1) is 28.9. The lowest BCUT2D eigenvalue weighted by Gasteiger charge is -2.22. The first-order valence-corrected chi connectivity index (χ1v) is 14.8. The Kier molecular flexibility index (Phi) is 10.6. The van der Waals surface area contributed by atoms with Gasteiger partial charge < -0.3 is 15.6 Å². The van der Waals surface area contributed by atoms with E-state index in [1.165, 1.54) is 28.6 Å². The van der Waals surface area contributed by atoms with Gasteiger partial charge in [-0.05, 0) is 25.5 Å². The SMILES string of the molecule is CC(C)(CO)C(=O)SCCOP(=O)(NCc1ccccc1)OCC1OC(n2ccc(N)nc2=O)CS1. The second kappa shape index (κ2) is 13.2. The molecule has 14 heteroatoms. The summed E-state index contributed by atoms with van der Waals surface area (Å²) in [7, 11) is -3.77. The van der Waals surface area contributed by atoms with Gasteiger partial charge in [0.25, 0.3) is 0 Å². The molecule has 1 aromatic carbocycles. The highest BCUT2D eigenvalue weighted by Gasteiger charge is 2.33. The molecule has 0 spiro atoms. The van der Waals surface area contributed by atoms with Gasteiger partial charge in [-0.1, -0.05) is 42.1 Å². The van der Waals surface area contributed by atoms with Gasteiger partial charge in [0.1, 0.15) is 17.5 Å². The third-order valence-corrected chi connectivity index (χ3v) is 8.96. The van der Waals surface area contributed by atoms with Crippen molar-refractivity contribution < 1.29 is 28.3 Å². The van der Waals surface area contributed by atoms with E-state index in [4.69, 9.17) is 19.5 Å². The summed E-state index contributed by atoms with van der Waals surface area (Å²) in [4.78, 5) is 28.0. The topological polar surface area (TPSA) is 155 Å². The average Bonchev–Trinajstić information content (AvgIpc) is 3.33. The number of aromatic nitrogens is 2. The molecule has 0 amide bonds. The fourth-order valence-electron chi connectivity index (χ4n) is 2.94. The second-order valence-corrected chi connectivity index (χ2v) is 12.6. The second-order valence-electron chi connectivity index (χ2n) is 8.52. The largest absolute Gasteiger partial charge is 0.405 e. The van der Waals surface area contributed by atoms with Crippen LogP contribution in [0.3, 0.4) is 0 Å². The van der Waals surface area contributed by atoms with Gasteiger partial charge in [0.05, 0.1) is 25.2 Å². The Morgan fingerprint density at radius 3 is 2.81 bits per heavy atom. The van der Waals surface area contributed by atoms with Crippen molar-refractivity contribution in [3.05, 3.63) is 58.6 Å². The van der Waals surface area contributed by atoms with Crippen LogP contribution in [0.1, 0.15) is 25.6 Å². The van der Waals surface area contributed by atoms with Crippen LogP contribution in [-0.2, 0) is 29.7 Å². The molecule has 1 aliphatic heterocycles. The number of nitrogen functional groups attached to an aromatic ring is 1. The number of nitrogens with one attached hydrogen (secondary N) is 1. The maximum atomic E-state index is 13.5. The molecule has 1 saturated heterocycles. The van der Waals surface area contributed by atoms with Crippen LogP contribution in [0.25, 0.3) is 0 Å². The van der Waals surface area contributed by atoms with Crippen molar-refractivity contribution in [2.24, 2.45) is 5.41 Å². The van der Waals surface area contributed by atoms with Crippen LogP contribution in [0, 0.1) is 5.41 Å². The average molecular weight is 559 g/mol. The molecule has 3 atom stereocenters. The molecule has 1 aliphatic rings. The highest BCUT2D eigenvalue weighted by atomic mass is 32.2. The zero-order valence-electron chi connectivity index (χ0n) is 20.1. The van der Waals surface area contributed by atoms with Gasteiger partial charge in [0.15, 0.2) is 5.12 Å². The zero-order valence-corrected chi connectivity index (χ0v) is 22.6. The smallest absolute Gasteiger partial charge is 0.395 e. The predicted molar refractivity (Wildman–Crippen MR) is 140 cm³/mol. The van der Waals surface area contributed by atoms with Crippen molar-refractivity contribution in [1.82, 2.24) is 14.6 Å². The van der Waals surface area contributed by atoms with Gasteiger partial charge in [0.2, 0.25) is 0 Å². The highest BCUT2D eigenvalue weighted by molar-refractivity contribution is 8.13. The van der Waals surface area contributed by atoms with Gasteiger partial charge in [-0.2, -0.15) is 4.98 Å². The summed E-state index contributed by atoms with van der Waals surface area (Å²) >= 11 is 2.41. The molecule has 2 aromatic rings. The van der Waals surface area contributed by atoms with E-state index in [2.05, 4.69) is 10.1 Å². The number of carbonyl (C=O) groups excluding carboxylic acids is 1. The standard InChI is InChI=1S/C22H31N4O7PS2/c1-22(2,15-27)20(28)35-11-10-31-34(30,24-12-16-6-4-3-5-7-16)32-13-19-33-18(14-36-19)26-9-8-17(23)25-21(26)29/h3-9,18-19,27H,10-15H2,1-2H3,(H,24,30)(H2,23,25,29). The first-order valence-electron chi connectivity index (χ1n) is 11.2. The molecule has 0 saturated carbocycles. The van der Waals surface area contributed by atoms with E-state index < -0.39 is 30.5 Å². The summed E-state index contributed by atoms with van der Waals surface area (Å²) in [5, 5.41) is 12.0. The summed E-state index contributed by atoms with van der Waals surface area (Å²) in [5.74, 6) is 0.845. The van der Waals surface area contributed by atoms with Crippen molar-refractivity contribution in [1.29, 1.82) is 0 Å². The molecule has 1 fully saturated rings. The number of hydrogen-bond donors (Lipinski definition) is 3. The Morgan fingerprint density at radius 2 is 2.11 bits per heavy atom. The molecule has 3 rings (SSSR count). The number of anilines is 1. The van der Waals surface area contributed by atoms with E-state index in [1.54, 1.807) is 13.8 Å². The van der Waals surface area contributed by atoms with E-state index in [0.717, 1.165) is 17.3 Å². The maximum Gasteiger partial charge on any atom is 0.405 e. The molecular formula is C22H31N4O7PS2. The van der Waals surface area contributed by atoms with Crippen molar-refractivity contribution in [3.8, 4) is 0 Å². The highest BCUT2D eigenvalue weighted by Crippen LogP contribution is 2.46. The van der Waals surface area contributed by atoms with Crippen molar-refractivity contribution in [3.63, 3.8) is 0 Å². The molecule has 0 radical (unpaired) electrons. The van der Waals surface area contributed by atoms with Gasteiger partial charge in [0, 0.05) is 24.2 Å². The summed E-state index contributed by atoms with van der Waals surface area (Å²) in [5.41, 5.74) is 4.56. The Bertz CT molecular complexity index is 1120. The Labute approximate surface area is 218 Å². The van der Waals surface area contributed by atoms with Crippen LogP contribution >= 0.6 is 31.3 Å². The van der Waals surface area contributed by atoms with Crippen LogP contribution in [-0.4, -0.2) is 56.5 Å². The summed E-state index contributed by atoms with van der Waals surface area (Å²) in [6.45, 7) is 3.22. The molecule has 4 N–H and O–H groups in total. The van der Waals surface area contributed by atoms with E-state index >= 15 is 0 Å². The minimum atomic E-state index is -3.77. The number of ether oxygens (including phenoxy) is 1. The Morgan fingerprint density at radius 1 is 1.36 bits per heavy atom. The van der Waals surface area contributed by atoms with Gasteiger partial charge in [-0.25, -0.2) is 14.4 Å². The lowest BCUT2D eigenvalue weighted by Crippen LogP contribution is -2.29. The molecule has 0 aliphatic carbocycles. The fourth-order valence-corrected chi connectivity index (χ4v) is 6.26. The van der Waals surface area contributed by atoms with Crippen molar-refractivity contribution >= 4 is 42.2 Å². The normalized spacial score (nSPS) is 19.8. The van der Waals surface area contributed by atoms with Gasteiger partial charge in [-0.15, -0.1) is 11.8 Å². The third-order valence-electron chi connectivity index (χ3n) is 5.12. The fraction of sp³-hybridized carbons (Fsp3) is 0.500. The van der Waals surface area contributed by atoms with E-state index in [0.29, 0.717) is 5.75 Å². The van der Waals surface area contributed by atoms with Gasteiger partial charge in [-0.3, -0.25) is 18.4 Å². The third kappa shape index (κ3) is 8.42.